The first-order valence-electron chi connectivity index (χ1n) is 5.61. The Bertz CT molecular complexity index is 301. The molecule has 2 nitrogen and oxygen atoms in total. The highest BCUT2D eigenvalue weighted by Crippen LogP contribution is 2.33. The van der Waals surface area contributed by atoms with Crippen molar-refractivity contribution in [3.05, 3.63) is 36.6 Å². The standard InChI is InChI=1S/C12H15NO.C2H6/c1-3-11(6-5-9-14)12(4-2)7-8-13-10-12;1-2/h2-3,5-6,9,13-14H,1,7-8,10H2;1-2H3/b9-5+,11-6+;. The Morgan fingerprint density at radius 2 is 2.25 bits per heavy atom. The van der Waals surface area contributed by atoms with E-state index < -0.39 is 0 Å². The van der Waals surface area contributed by atoms with E-state index in [9.17, 15) is 0 Å². The molecule has 2 N–H and O–H groups in total. The Balaban J connectivity index is 0.00000106. The summed E-state index contributed by atoms with van der Waals surface area (Å²) in [7, 11) is 0. The Hall–Kier alpha value is -1.46. The molecule has 0 amide bonds. The molecule has 0 aromatic rings. The summed E-state index contributed by atoms with van der Waals surface area (Å²) in [6.07, 6.45) is 12.6. The monoisotopic (exact) mass is 219 g/mol. The number of aliphatic hydroxyl groups is 1. The van der Waals surface area contributed by atoms with Crippen molar-refractivity contribution < 1.29 is 5.11 Å². The summed E-state index contributed by atoms with van der Waals surface area (Å²) < 4.78 is 0. The van der Waals surface area contributed by atoms with Crippen molar-refractivity contribution in [3.8, 4) is 12.3 Å². The van der Waals surface area contributed by atoms with E-state index in [-0.39, 0.29) is 5.41 Å². The van der Waals surface area contributed by atoms with Crippen LogP contribution in [0.2, 0.25) is 0 Å². The summed E-state index contributed by atoms with van der Waals surface area (Å²) in [5.74, 6) is 2.82. The van der Waals surface area contributed by atoms with Crippen LogP contribution in [0.5, 0.6) is 0 Å². The summed E-state index contributed by atoms with van der Waals surface area (Å²) in [6.45, 7) is 9.45. The van der Waals surface area contributed by atoms with Crippen molar-refractivity contribution in [1.82, 2.24) is 5.32 Å². The molecule has 1 saturated heterocycles. The van der Waals surface area contributed by atoms with Crippen LogP contribution in [0.25, 0.3) is 0 Å². The smallest absolute Gasteiger partial charge is 0.0791 e. The van der Waals surface area contributed by atoms with Crippen molar-refractivity contribution in [2.24, 2.45) is 5.41 Å². The highest BCUT2D eigenvalue weighted by molar-refractivity contribution is 5.38. The third-order valence-electron chi connectivity index (χ3n) is 2.57. The van der Waals surface area contributed by atoms with Gasteiger partial charge in [0.05, 0.1) is 11.7 Å². The van der Waals surface area contributed by atoms with Crippen molar-refractivity contribution in [3.63, 3.8) is 0 Å². The SMILES string of the molecule is C#CC1(/C(C=C)=C/C=C/O)CCNC1.CC. The quantitative estimate of drug-likeness (QED) is 0.434. The average molecular weight is 219 g/mol. The second-order valence-electron chi connectivity index (χ2n) is 3.32. The van der Waals surface area contributed by atoms with Gasteiger partial charge in [-0.05, 0) is 24.6 Å². The van der Waals surface area contributed by atoms with Crippen molar-refractivity contribution in [2.75, 3.05) is 13.1 Å². The van der Waals surface area contributed by atoms with Crippen LogP contribution < -0.4 is 5.32 Å². The molecule has 1 heterocycles. The largest absolute Gasteiger partial charge is 0.516 e. The van der Waals surface area contributed by atoms with E-state index in [2.05, 4.69) is 17.8 Å². The van der Waals surface area contributed by atoms with E-state index >= 15 is 0 Å². The van der Waals surface area contributed by atoms with Crippen LogP contribution >= 0.6 is 0 Å². The number of hydrogen-bond acceptors (Lipinski definition) is 2. The minimum absolute atomic E-state index is 0.249. The van der Waals surface area contributed by atoms with Gasteiger partial charge in [0, 0.05) is 6.54 Å². The average Bonchev–Trinajstić information content (AvgIpc) is 2.83. The van der Waals surface area contributed by atoms with Crippen LogP contribution in [0.15, 0.2) is 36.6 Å². The fourth-order valence-corrected chi connectivity index (χ4v) is 1.71. The van der Waals surface area contributed by atoms with Crippen LogP contribution in [-0.2, 0) is 0 Å². The van der Waals surface area contributed by atoms with E-state index in [1.165, 1.54) is 0 Å². The lowest BCUT2D eigenvalue weighted by atomic mass is 9.80. The van der Waals surface area contributed by atoms with Crippen molar-refractivity contribution in [1.29, 1.82) is 0 Å². The fraction of sp³-hybridized carbons (Fsp3) is 0.429. The number of aliphatic hydroxyl groups excluding tert-OH is 1. The molecule has 88 valence electrons. The first-order chi connectivity index (χ1) is 7.79. The predicted octanol–water partition coefficient (Wildman–Crippen LogP) is 2.81. The molecule has 0 saturated carbocycles. The number of hydrogen-bond donors (Lipinski definition) is 2. The van der Waals surface area contributed by atoms with Gasteiger partial charge >= 0.3 is 0 Å². The topological polar surface area (TPSA) is 32.3 Å². The number of terminal acetylenes is 1. The molecule has 0 aromatic heterocycles. The molecule has 1 aliphatic heterocycles. The van der Waals surface area contributed by atoms with Gasteiger partial charge < -0.3 is 10.4 Å². The maximum atomic E-state index is 8.58. The van der Waals surface area contributed by atoms with Crippen LogP contribution in [0.3, 0.4) is 0 Å². The van der Waals surface area contributed by atoms with E-state index in [1.54, 1.807) is 18.2 Å². The van der Waals surface area contributed by atoms with E-state index in [0.717, 1.165) is 31.3 Å². The summed E-state index contributed by atoms with van der Waals surface area (Å²) in [5, 5.41) is 11.8. The maximum Gasteiger partial charge on any atom is 0.0791 e. The molecule has 16 heavy (non-hydrogen) atoms. The van der Waals surface area contributed by atoms with Gasteiger partial charge in [-0.2, -0.15) is 0 Å². The second kappa shape index (κ2) is 7.78. The molecule has 0 aliphatic carbocycles. The first kappa shape index (κ1) is 14.5. The van der Waals surface area contributed by atoms with Crippen LogP contribution in [0, 0.1) is 17.8 Å². The minimum Gasteiger partial charge on any atom is -0.516 e. The minimum atomic E-state index is -0.249. The number of allylic oxidation sites excluding steroid dienone is 3. The third kappa shape index (κ3) is 3.29. The fourth-order valence-electron chi connectivity index (χ4n) is 1.71. The van der Waals surface area contributed by atoms with E-state index in [1.807, 2.05) is 13.8 Å². The summed E-state index contributed by atoms with van der Waals surface area (Å²) in [6, 6.07) is 0. The zero-order valence-electron chi connectivity index (χ0n) is 10.2. The van der Waals surface area contributed by atoms with Gasteiger partial charge in [-0.1, -0.05) is 38.5 Å². The van der Waals surface area contributed by atoms with Gasteiger partial charge in [-0.3, -0.25) is 0 Å². The first-order valence-corrected chi connectivity index (χ1v) is 5.61. The number of rotatable bonds is 3. The number of nitrogens with one attached hydrogen (secondary N) is 1. The molecular weight excluding hydrogens is 198 g/mol. The van der Waals surface area contributed by atoms with Crippen molar-refractivity contribution >= 4 is 0 Å². The van der Waals surface area contributed by atoms with Gasteiger partial charge in [0.15, 0.2) is 0 Å². The highest BCUT2D eigenvalue weighted by atomic mass is 16.2. The van der Waals surface area contributed by atoms with Gasteiger partial charge in [0.25, 0.3) is 0 Å². The van der Waals surface area contributed by atoms with Gasteiger partial charge in [0.2, 0.25) is 0 Å². The summed E-state index contributed by atoms with van der Waals surface area (Å²) in [4.78, 5) is 0. The summed E-state index contributed by atoms with van der Waals surface area (Å²) in [5.41, 5.74) is 0.733. The molecule has 0 bridgehead atoms. The Kier molecular flexibility index (Phi) is 7.07. The lowest BCUT2D eigenvalue weighted by Crippen LogP contribution is -2.23. The van der Waals surface area contributed by atoms with Crippen LogP contribution in [0.4, 0.5) is 0 Å². The highest BCUT2D eigenvalue weighted by Gasteiger charge is 2.33. The van der Waals surface area contributed by atoms with Gasteiger partial charge in [-0.25, -0.2) is 0 Å². The Morgan fingerprint density at radius 1 is 1.56 bits per heavy atom. The molecule has 1 aliphatic rings. The Labute approximate surface area is 98.8 Å². The van der Waals surface area contributed by atoms with E-state index in [0.29, 0.717) is 0 Å². The molecule has 0 radical (unpaired) electrons. The zero-order chi connectivity index (χ0) is 12.4. The van der Waals surface area contributed by atoms with Gasteiger partial charge in [-0.15, -0.1) is 6.42 Å². The lowest BCUT2D eigenvalue weighted by Gasteiger charge is -2.22. The van der Waals surface area contributed by atoms with Crippen LogP contribution in [0.1, 0.15) is 20.3 Å². The van der Waals surface area contributed by atoms with Crippen molar-refractivity contribution in [2.45, 2.75) is 20.3 Å². The Morgan fingerprint density at radius 3 is 2.62 bits per heavy atom. The normalized spacial score (nSPS) is 24.7. The lowest BCUT2D eigenvalue weighted by molar-refractivity contribution is 0.473. The molecular formula is C14H21NO. The molecule has 1 unspecified atom stereocenters. The summed E-state index contributed by atoms with van der Waals surface area (Å²) >= 11 is 0. The molecule has 2 heteroatoms. The van der Waals surface area contributed by atoms with Gasteiger partial charge in [0.1, 0.15) is 0 Å². The van der Waals surface area contributed by atoms with E-state index in [4.69, 9.17) is 11.5 Å². The predicted molar refractivity (Wildman–Crippen MR) is 70.1 cm³/mol. The maximum absolute atomic E-state index is 8.58. The third-order valence-corrected chi connectivity index (χ3v) is 2.57. The second-order valence-corrected chi connectivity index (χ2v) is 3.32. The zero-order valence-corrected chi connectivity index (χ0v) is 10.2. The van der Waals surface area contributed by atoms with Crippen LogP contribution in [-0.4, -0.2) is 18.2 Å². The molecule has 0 aromatic carbocycles. The molecule has 0 spiro atoms. The molecule has 1 rings (SSSR count). The molecule has 1 fully saturated rings. The molecule has 1 atom stereocenters.